The highest BCUT2D eigenvalue weighted by atomic mass is 15.3. The minimum absolute atomic E-state index is 0.726. The van der Waals surface area contributed by atoms with Crippen LogP contribution in [0.2, 0.25) is 0 Å². The number of nitrogens with one attached hydrogen (secondary N) is 1. The predicted octanol–water partition coefficient (Wildman–Crippen LogP) is 1.65. The van der Waals surface area contributed by atoms with Gasteiger partial charge in [0.15, 0.2) is 5.82 Å². The summed E-state index contributed by atoms with van der Waals surface area (Å²) >= 11 is 0. The largest absolute Gasteiger partial charge is 0.394 e. The van der Waals surface area contributed by atoms with E-state index in [2.05, 4.69) is 51.5 Å². The Morgan fingerprint density at radius 3 is 2.58 bits per heavy atom. The molecular formula is C14H24N5+. The van der Waals surface area contributed by atoms with Crippen LogP contribution in [-0.4, -0.2) is 48.3 Å². The van der Waals surface area contributed by atoms with Gasteiger partial charge in [-0.2, -0.15) is 0 Å². The zero-order chi connectivity index (χ0) is 14.2. The van der Waals surface area contributed by atoms with Crippen LogP contribution in [0.1, 0.15) is 11.3 Å². The molecule has 5 heteroatoms. The molecule has 19 heavy (non-hydrogen) atoms. The first kappa shape index (κ1) is 13.7. The lowest BCUT2D eigenvalue weighted by Gasteiger charge is -2.23. The maximum absolute atomic E-state index is 6.16. The Balaban J connectivity index is 2.25. The molecule has 2 aromatic heterocycles. The number of hydrogen-bond donors (Lipinski definition) is 2. The molecule has 0 aliphatic carbocycles. The summed E-state index contributed by atoms with van der Waals surface area (Å²) in [7, 11) is 6.51. The van der Waals surface area contributed by atoms with E-state index in [1.165, 1.54) is 5.56 Å². The first-order valence-electron chi connectivity index (χ1n) is 6.58. The number of quaternary nitrogens is 1. The SMILES string of the molecule is Cc1ccc2c(N)c(NCC[N+](C)(C)C)nn2c1C. The van der Waals surface area contributed by atoms with Gasteiger partial charge >= 0.3 is 0 Å². The zero-order valence-corrected chi connectivity index (χ0v) is 12.5. The summed E-state index contributed by atoms with van der Waals surface area (Å²) < 4.78 is 2.83. The van der Waals surface area contributed by atoms with Gasteiger partial charge < -0.3 is 15.5 Å². The van der Waals surface area contributed by atoms with Gasteiger partial charge in [0.25, 0.3) is 0 Å². The molecule has 2 aromatic rings. The number of rotatable bonds is 4. The molecule has 0 aliphatic heterocycles. The first-order valence-corrected chi connectivity index (χ1v) is 6.58. The number of nitrogen functional groups attached to an aromatic ring is 1. The van der Waals surface area contributed by atoms with Crippen LogP contribution in [0.4, 0.5) is 11.5 Å². The number of pyridine rings is 1. The second-order valence-corrected chi connectivity index (χ2v) is 6.10. The number of aryl methyl sites for hydroxylation is 2. The van der Waals surface area contributed by atoms with Crippen molar-refractivity contribution in [3.8, 4) is 0 Å². The number of fused-ring (bicyclic) bond motifs is 1. The summed E-state index contributed by atoms with van der Waals surface area (Å²) in [6, 6.07) is 4.11. The Hall–Kier alpha value is -1.75. The van der Waals surface area contributed by atoms with Gasteiger partial charge in [-0.1, -0.05) is 6.07 Å². The summed E-state index contributed by atoms with van der Waals surface area (Å²) in [6.07, 6.45) is 0. The van der Waals surface area contributed by atoms with Crippen LogP contribution < -0.4 is 11.1 Å². The van der Waals surface area contributed by atoms with E-state index in [0.29, 0.717) is 0 Å². The minimum atomic E-state index is 0.726. The monoisotopic (exact) mass is 262 g/mol. The topological polar surface area (TPSA) is 55.3 Å². The molecule has 0 saturated heterocycles. The highest BCUT2D eigenvalue weighted by Crippen LogP contribution is 2.24. The normalized spacial score (nSPS) is 12.1. The molecule has 104 valence electrons. The van der Waals surface area contributed by atoms with Gasteiger partial charge in [-0.05, 0) is 25.5 Å². The molecule has 5 nitrogen and oxygen atoms in total. The van der Waals surface area contributed by atoms with Crippen molar-refractivity contribution in [2.24, 2.45) is 0 Å². The first-order chi connectivity index (χ1) is 8.79. The zero-order valence-electron chi connectivity index (χ0n) is 12.5. The van der Waals surface area contributed by atoms with Crippen molar-refractivity contribution >= 4 is 17.0 Å². The van der Waals surface area contributed by atoms with E-state index < -0.39 is 0 Å². The Morgan fingerprint density at radius 1 is 1.26 bits per heavy atom. The molecule has 0 atom stereocenters. The highest BCUT2D eigenvalue weighted by molar-refractivity contribution is 5.81. The molecule has 0 fully saturated rings. The fourth-order valence-electron chi connectivity index (χ4n) is 1.99. The van der Waals surface area contributed by atoms with Gasteiger partial charge in [0.2, 0.25) is 0 Å². The van der Waals surface area contributed by atoms with Gasteiger partial charge in [0, 0.05) is 5.69 Å². The fourth-order valence-corrected chi connectivity index (χ4v) is 1.99. The van der Waals surface area contributed by atoms with Crippen LogP contribution in [0, 0.1) is 13.8 Å². The molecule has 0 bridgehead atoms. The Morgan fingerprint density at radius 2 is 1.95 bits per heavy atom. The Bertz CT molecular complexity index is 592. The van der Waals surface area contributed by atoms with E-state index in [9.17, 15) is 0 Å². The van der Waals surface area contributed by atoms with E-state index in [0.717, 1.165) is 40.3 Å². The van der Waals surface area contributed by atoms with E-state index in [1.54, 1.807) is 0 Å². The summed E-state index contributed by atoms with van der Waals surface area (Å²) in [5, 5.41) is 7.90. The molecule has 2 rings (SSSR count). The van der Waals surface area contributed by atoms with Crippen molar-refractivity contribution in [3.63, 3.8) is 0 Å². The van der Waals surface area contributed by atoms with Crippen LogP contribution in [-0.2, 0) is 0 Å². The lowest BCUT2D eigenvalue weighted by atomic mass is 10.2. The standard InChI is InChI=1S/C14H24N5/c1-10-6-7-12-13(15)14(17-18(12)11(10)2)16-8-9-19(3,4)5/h6-7H,8-9,15H2,1-5H3,(H,16,17)/q+1. The quantitative estimate of drug-likeness (QED) is 0.824. The van der Waals surface area contributed by atoms with Crippen LogP contribution in [0.3, 0.4) is 0 Å². The van der Waals surface area contributed by atoms with Crippen molar-refractivity contribution in [2.75, 3.05) is 45.3 Å². The predicted molar refractivity (Wildman–Crippen MR) is 80.5 cm³/mol. The van der Waals surface area contributed by atoms with E-state index in [4.69, 9.17) is 5.73 Å². The van der Waals surface area contributed by atoms with Crippen molar-refractivity contribution in [3.05, 3.63) is 23.4 Å². The molecule has 2 heterocycles. The van der Waals surface area contributed by atoms with Crippen LogP contribution in [0.25, 0.3) is 5.52 Å². The third kappa shape index (κ3) is 2.81. The average molecular weight is 262 g/mol. The molecule has 0 spiro atoms. The summed E-state index contributed by atoms with van der Waals surface area (Å²) in [5.74, 6) is 0.780. The fraction of sp³-hybridized carbons (Fsp3) is 0.500. The van der Waals surface area contributed by atoms with Crippen molar-refractivity contribution in [2.45, 2.75) is 13.8 Å². The van der Waals surface area contributed by atoms with Crippen LogP contribution in [0.5, 0.6) is 0 Å². The molecule has 0 amide bonds. The molecule has 3 N–H and O–H groups in total. The number of anilines is 2. The van der Waals surface area contributed by atoms with Crippen LogP contribution >= 0.6 is 0 Å². The van der Waals surface area contributed by atoms with Gasteiger partial charge in [0.1, 0.15) is 5.69 Å². The minimum Gasteiger partial charge on any atom is -0.394 e. The lowest BCUT2D eigenvalue weighted by Crippen LogP contribution is -2.38. The van der Waals surface area contributed by atoms with E-state index >= 15 is 0 Å². The molecule has 0 radical (unpaired) electrons. The number of hydrogen-bond acceptors (Lipinski definition) is 3. The Labute approximate surface area is 114 Å². The van der Waals surface area contributed by atoms with Crippen molar-refractivity contribution < 1.29 is 4.48 Å². The highest BCUT2D eigenvalue weighted by Gasteiger charge is 2.13. The van der Waals surface area contributed by atoms with Crippen LogP contribution in [0.15, 0.2) is 12.1 Å². The third-order valence-electron chi connectivity index (χ3n) is 3.41. The van der Waals surface area contributed by atoms with E-state index in [1.807, 2.05) is 10.6 Å². The third-order valence-corrected chi connectivity index (χ3v) is 3.41. The van der Waals surface area contributed by atoms with E-state index in [-0.39, 0.29) is 0 Å². The summed E-state index contributed by atoms with van der Waals surface area (Å²) in [5.41, 5.74) is 10.2. The second kappa shape index (κ2) is 4.74. The molecule has 0 aromatic carbocycles. The van der Waals surface area contributed by atoms with Gasteiger partial charge in [0.05, 0.1) is 39.7 Å². The van der Waals surface area contributed by atoms with Gasteiger partial charge in [-0.3, -0.25) is 0 Å². The van der Waals surface area contributed by atoms with Crippen molar-refractivity contribution in [1.82, 2.24) is 9.61 Å². The Kier molecular flexibility index (Phi) is 3.41. The molecule has 0 saturated carbocycles. The summed E-state index contributed by atoms with van der Waals surface area (Å²) in [4.78, 5) is 0. The maximum Gasteiger partial charge on any atom is 0.172 e. The smallest absolute Gasteiger partial charge is 0.172 e. The molecule has 0 unspecified atom stereocenters. The molecule has 0 aliphatic rings. The number of likely N-dealkylation sites (N-methyl/N-ethyl adjacent to an activating group) is 1. The second-order valence-electron chi connectivity index (χ2n) is 6.10. The summed E-state index contributed by atoms with van der Waals surface area (Å²) in [6.45, 7) is 6.02. The maximum atomic E-state index is 6.16. The van der Waals surface area contributed by atoms with Gasteiger partial charge in [-0.25, -0.2) is 4.52 Å². The average Bonchev–Trinajstić information content (AvgIpc) is 2.61. The van der Waals surface area contributed by atoms with Gasteiger partial charge in [-0.15, -0.1) is 5.10 Å². The molecular weight excluding hydrogens is 238 g/mol. The number of aromatic nitrogens is 2. The van der Waals surface area contributed by atoms with Crippen molar-refractivity contribution in [1.29, 1.82) is 0 Å². The number of nitrogens with zero attached hydrogens (tertiary/aromatic N) is 3. The number of nitrogens with two attached hydrogens (primary N) is 1. The lowest BCUT2D eigenvalue weighted by molar-refractivity contribution is -0.868.